The van der Waals surface area contributed by atoms with Gasteiger partial charge in [-0.15, -0.1) is 0 Å². The zero-order valence-electron chi connectivity index (χ0n) is 20.0. The van der Waals surface area contributed by atoms with Crippen LogP contribution >= 0.6 is 0 Å². The van der Waals surface area contributed by atoms with Crippen molar-refractivity contribution in [3.8, 4) is 0 Å². The lowest BCUT2D eigenvalue weighted by Gasteiger charge is -2.43. The molecular formula is C26H29N5O5. The summed E-state index contributed by atoms with van der Waals surface area (Å²) < 4.78 is 0. The van der Waals surface area contributed by atoms with E-state index in [1.54, 1.807) is 73.3 Å². The molecule has 2 aromatic carbocycles. The molecule has 2 aromatic rings. The highest BCUT2D eigenvalue weighted by Gasteiger charge is 2.73. The second kappa shape index (κ2) is 9.19. The summed E-state index contributed by atoms with van der Waals surface area (Å²) in [5.74, 6) is -5.87. The highest BCUT2D eigenvalue weighted by Crippen LogP contribution is 2.58. The van der Waals surface area contributed by atoms with Gasteiger partial charge in [-0.05, 0) is 23.6 Å². The van der Waals surface area contributed by atoms with Gasteiger partial charge in [0.05, 0.1) is 17.5 Å². The molecule has 2 aliphatic heterocycles. The smallest absolute Gasteiger partial charge is 0.325 e. The number of imide groups is 1. The molecule has 0 saturated carbocycles. The fourth-order valence-electron chi connectivity index (χ4n) is 5.90. The van der Waals surface area contributed by atoms with Crippen LogP contribution in [-0.2, 0) is 19.2 Å². The number of carbonyl (C=O) groups is 4. The Balaban J connectivity index is 1.95. The summed E-state index contributed by atoms with van der Waals surface area (Å²) in [7, 11) is 0. The van der Waals surface area contributed by atoms with Gasteiger partial charge in [0.25, 0.3) is 0 Å². The van der Waals surface area contributed by atoms with Gasteiger partial charge in [0, 0.05) is 24.6 Å². The van der Waals surface area contributed by atoms with Gasteiger partial charge < -0.3 is 16.6 Å². The van der Waals surface area contributed by atoms with E-state index < -0.39 is 53.0 Å². The molecular weight excluding hydrogens is 462 g/mol. The number of likely N-dealkylation sites (tertiary alicyclic amines) is 1. The van der Waals surface area contributed by atoms with E-state index in [2.05, 4.69) is 0 Å². The van der Waals surface area contributed by atoms with Gasteiger partial charge in [0.1, 0.15) is 11.4 Å². The molecule has 4 unspecified atom stereocenters. The van der Waals surface area contributed by atoms with Crippen molar-refractivity contribution >= 4 is 35.2 Å². The second-order valence-electron chi connectivity index (χ2n) is 9.53. The molecule has 2 heterocycles. The zero-order valence-corrected chi connectivity index (χ0v) is 20.0. The SMILES string of the molecule is CC(C)C1(C(=O)O)C2C(=O)N(c3ccccc3)C(=O)C2C(c2ccc(C(=N)N)cc2)N1CCC(N)=O. The molecule has 10 heteroatoms. The number of nitrogens with two attached hydrogens (primary N) is 2. The Morgan fingerprint density at radius 1 is 1.03 bits per heavy atom. The minimum Gasteiger partial charge on any atom is -0.480 e. The third-order valence-corrected chi connectivity index (χ3v) is 7.38. The summed E-state index contributed by atoms with van der Waals surface area (Å²) in [6.07, 6.45) is -0.145. The highest BCUT2D eigenvalue weighted by molar-refractivity contribution is 6.24. The van der Waals surface area contributed by atoms with Crippen LogP contribution in [0.5, 0.6) is 0 Å². The number of aliphatic carboxylic acids is 1. The van der Waals surface area contributed by atoms with Crippen molar-refractivity contribution in [2.24, 2.45) is 29.2 Å². The maximum Gasteiger partial charge on any atom is 0.325 e. The van der Waals surface area contributed by atoms with Crippen LogP contribution in [0.15, 0.2) is 54.6 Å². The monoisotopic (exact) mass is 491 g/mol. The predicted octanol–water partition coefficient (Wildman–Crippen LogP) is 1.49. The van der Waals surface area contributed by atoms with Crippen molar-refractivity contribution in [3.63, 3.8) is 0 Å². The third kappa shape index (κ3) is 3.65. The maximum absolute atomic E-state index is 13.9. The Labute approximate surface area is 208 Å². The number of nitrogens with zero attached hydrogens (tertiary/aromatic N) is 2. The number of carboxylic acids is 1. The molecule has 0 radical (unpaired) electrons. The van der Waals surface area contributed by atoms with Crippen LogP contribution in [0.2, 0.25) is 0 Å². The standard InChI is InChI=1S/C26H29N5O5/c1-14(2)26(25(35)36)20-19(23(33)31(24(20)34)17-6-4-3-5-7-17)21(30(26)13-12-18(27)32)15-8-10-16(11-9-15)22(28)29/h3-11,14,19-21H,12-13H2,1-2H3,(H2,27,32)(H3,28,29)(H,35,36). The van der Waals surface area contributed by atoms with Crippen LogP contribution < -0.4 is 16.4 Å². The Hall–Kier alpha value is -4.05. The van der Waals surface area contributed by atoms with Crippen LogP contribution in [-0.4, -0.2) is 51.6 Å². The fraction of sp³-hybridized carbons (Fsp3) is 0.346. The number of nitrogen functional groups attached to an aromatic ring is 1. The summed E-state index contributed by atoms with van der Waals surface area (Å²) in [5.41, 5.74) is 10.7. The minimum atomic E-state index is -1.76. The lowest BCUT2D eigenvalue weighted by molar-refractivity contribution is -0.160. The first-order valence-electron chi connectivity index (χ1n) is 11.7. The first-order valence-corrected chi connectivity index (χ1v) is 11.7. The Kier molecular flexibility index (Phi) is 6.40. The van der Waals surface area contributed by atoms with E-state index in [0.717, 1.165) is 4.90 Å². The van der Waals surface area contributed by atoms with Gasteiger partial charge in [0.15, 0.2) is 0 Å². The average Bonchev–Trinajstić information content (AvgIpc) is 3.28. The van der Waals surface area contributed by atoms with Gasteiger partial charge in [-0.2, -0.15) is 0 Å². The van der Waals surface area contributed by atoms with E-state index in [9.17, 15) is 24.3 Å². The number of fused-ring (bicyclic) bond motifs is 1. The molecule has 4 rings (SSSR count). The Bertz CT molecular complexity index is 1230. The van der Waals surface area contributed by atoms with E-state index in [4.69, 9.17) is 16.9 Å². The average molecular weight is 492 g/mol. The van der Waals surface area contributed by atoms with Gasteiger partial charge >= 0.3 is 5.97 Å². The molecule has 36 heavy (non-hydrogen) atoms. The second-order valence-corrected chi connectivity index (χ2v) is 9.53. The van der Waals surface area contributed by atoms with Crippen molar-refractivity contribution in [1.29, 1.82) is 5.41 Å². The van der Waals surface area contributed by atoms with E-state index in [1.165, 1.54) is 0 Å². The number of para-hydroxylation sites is 1. The van der Waals surface area contributed by atoms with Crippen LogP contribution in [0.3, 0.4) is 0 Å². The molecule has 188 valence electrons. The number of hydrogen-bond acceptors (Lipinski definition) is 6. The summed E-state index contributed by atoms with van der Waals surface area (Å²) >= 11 is 0. The quantitative estimate of drug-likeness (QED) is 0.246. The van der Waals surface area contributed by atoms with Crippen LogP contribution in [0.1, 0.15) is 37.4 Å². The molecule has 4 atom stereocenters. The molecule has 10 nitrogen and oxygen atoms in total. The van der Waals surface area contributed by atoms with Crippen LogP contribution in [0.4, 0.5) is 5.69 Å². The van der Waals surface area contributed by atoms with E-state index >= 15 is 0 Å². The number of hydrogen-bond donors (Lipinski definition) is 4. The molecule has 0 aromatic heterocycles. The molecule has 0 bridgehead atoms. The fourth-order valence-corrected chi connectivity index (χ4v) is 5.90. The topological polar surface area (TPSA) is 171 Å². The van der Waals surface area contributed by atoms with Gasteiger partial charge in [-0.3, -0.25) is 29.5 Å². The Morgan fingerprint density at radius 2 is 1.64 bits per heavy atom. The van der Waals surface area contributed by atoms with Gasteiger partial charge in [-0.1, -0.05) is 56.3 Å². The number of amidine groups is 1. The number of rotatable bonds is 8. The molecule has 3 amide bonds. The van der Waals surface area contributed by atoms with E-state index in [-0.39, 0.29) is 18.8 Å². The summed E-state index contributed by atoms with van der Waals surface area (Å²) in [6.45, 7) is 3.36. The molecule has 0 aliphatic carbocycles. The lowest BCUT2D eigenvalue weighted by atomic mass is 9.73. The van der Waals surface area contributed by atoms with Crippen molar-refractivity contribution in [3.05, 3.63) is 65.7 Å². The number of amides is 3. The van der Waals surface area contributed by atoms with Gasteiger partial charge in [0.2, 0.25) is 17.7 Å². The van der Waals surface area contributed by atoms with Crippen molar-refractivity contribution in [1.82, 2.24) is 4.90 Å². The summed E-state index contributed by atoms with van der Waals surface area (Å²) in [5, 5.41) is 18.3. The first kappa shape index (κ1) is 25.1. The normalized spacial score (nSPS) is 25.9. The van der Waals surface area contributed by atoms with E-state index in [1.807, 2.05) is 0 Å². The minimum absolute atomic E-state index is 0.0438. The third-order valence-electron chi connectivity index (χ3n) is 7.38. The van der Waals surface area contributed by atoms with Crippen molar-refractivity contribution in [2.45, 2.75) is 31.8 Å². The molecule has 2 saturated heterocycles. The molecule has 2 fully saturated rings. The predicted molar refractivity (Wildman–Crippen MR) is 132 cm³/mol. The Morgan fingerprint density at radius 3 is 2.14 bits per heavy atom. The van der Waals surface area contributed by atoms with Crippen LogP contribution in [0, 0.1) is 23.2 Å². The number of primary amides is 1. The number of nitrogens with one attached hydrogen (secondary N) is 1. The largest absolute Gasteiger partial charge is 0.480 e. The summed E-state index contributed by atoms with van der Waals surface area (Å²) in [6, 6.07) is 14.2. The van der Waals surface area contributed by atoms with E-state index in [0.29, 0.717) is 16.8 Å². The highest BCUT2D eigenvalue weighted by atomic mass is 16.4. The number of anilines is 1. The zero-order chi connectivity index (χ0) is 26.4. The number of carbonyl (C=O) groups excluding carboxylic acids is 3. The number of carboxylic acid groups (broad SMARTS) is 1. The molecule has 0 spiro atoms. The molecule has 2 aliphatic rings. The lowest BCUT2D eigenvalue weighted by Crippen LogP contribution is -2.61. The first-order chi connectivity index (χ1) is 17.0. The van der Waals surface area contributed by atoms with Crippen LogP contribution in [0.25, 0.3) is 0 Å². The number of benzene rings is 2. The summed E-state index contributed by atoms with van der Waals surface area (Å²) in [4.78, 5) is 55.3. The molecule has 6 N–H and O–H groups in total. The van der Waals surface area contributed by atoms with Crippen molar-refractivity contribution in [2.75, 3.05) is 11.4 Å². The van der Waals surface area contributed by atoms with Gasteiger partial charge in [-0.25, -0.2) is 4.90 Å². The van der Waals surface area contributed by atoms with Crippen molar-refractivity contribution < 1.29 is 24.3 Å². The maximum atomic E-state index is 13.9.